The molecule has 0 bridgehead atoms. The predicted octanol–water partition coefficient (Wildman–Crippen LogP) is 3.63. The minimum atomic E-state index is -0.583. The second-order valence-corrected chi connectivity index (χ2v) is 10.6. The smallest absolute Gasteiger partial charge is 0.349 e. The number of rotatable bonds is 6. The number of carbonyl (C=O) groups is 2. The third-order valence-electron chi connectivity index (χ3n) is 6.76. The van der Waals surface area contributed by atoms with Crippen molar-refractivity contribution in [2.75, 3.05) is 20.2 Å². The number of quaternary nitrogens is 1. The van der Waals surface area contributed by atoms with Gasteiger partial charge in [-0.1, -0.05) is 30.7 Å². The summed E-state index contributed by atoms with van der Waals surface area (Å²) in [7, 11) is 1.67. The monoisotopic (exact) mass is 556 g/mol. The van der Waals surface area contributed by atoms with Gasteiger partial charge in [0.15, 0.2) is 0 Å². The van der Waals surface area contributed by atoms with Gasteiger partial charge in [-0.15, -0.1) is 0 Å². The van der Waals surface area contributed by atoms with E-state index in [0.29, 0.717) is 52.6 Å². The summed E-state index contributed by atoms with van der Waals surface area (Å²) in [6, 6.07) is 5.65. The van der Waals surface area contributed by atoms with Crippen LogP contribution in [0, 0.1) is 10.8 Å². The number of likely N-dealkylation sites (tertiary alicyclic amines) is 1. The van der Waals surface area contributed by atoms with Gasteiger partial charge in [-0.3, -0.25) is 10.2 Å². The van der Waals surface area contributed by atoms with Crippen molar-refractivity contribution in [1.82, 2.24) is 4.90 Å². The van der Waals surface area contributed by atoms with Crippen LogP contribution in [0.3, 0.4) is 0 Å². The average molecular weight is 557 g/mol. The molecule has 4 rings (SSSR count). The zero-order chi connectivity index (χ0) is 22.3. The second-order valence-electron chi connectivity index (χ2n) is 9.11. The Labute approximate surface area is 201 Å². The van der Waals surface area contributed by atoms with E-state index in [1.54, 1.807) is 18.5 Å². The Kier molecular flexibility index (Phi) is 6.59. The molecule has 0 spiro atoms. The first-order valence-electron chi connectivity index (χ1n) is 10.7. The summed E-state index contributed by atoms with van der Waals surface area (Å²) in [6.45, 7) is 3.21. The Morgan fingerprint density at radius 2 is 2.03 bits per heavy atom. The van der Waals surface area contributed by atoms with E-state index in [1.807, 2.05) is 46.5 Å². The third-order valence-corrected chi connectivity index (χ3v) is 7.73. The van der Waals surface area contributed by atoms with Gasteiger partial charge in [0.05, 0.1) is 16.5 Å². The van der Waals surface area contributed by atoms with E-state index in [2.05, 4.69) is 0 Å². The molecule has 31 heavy (non-hydrogen) atoms. The van der Waals surface area contributed by atoms with Crippen LogP contribution in [0.15, 0.2) is 29.5 Å². The van der Waals surface area contributed by atoms with Gasteiger partial charge >= 0.3 is 5.91 Å². The maximum absolute atomic E-state index is 13.4. The first-order chi connectivity index (χ1) is 14.7. The van der Waals surface area contributed by atoms with E-state index in [9.17, 15) is 9.59 Å². The maximum Gasteiger partial charge on any atom is 0.349 e. The van der Waals surface area contributed by atoms with Gasteiger partial charge in [0.25, 0.3) is 0 Å². The van der Waals surface area contributed by atoms with Crippen molar-refractivity contribution in [2.45, 2.75) is 51.0 Å². The van der Waals surface area contributed by atoms with Crippen molar-refractivity contribution in [3.05, 3.63) is 45.6 Å². The van der Waals surface area contributed by atoms with Crippen LogP contribution in [0.5, 0.6) is 0 Å². The standard InChI is InChI=1S/C23H27ClIN3O3/c1-23(22(30)28-11-14(12-28)31-2)9-8-16(20(25)26)18(10-23)27-21(29)19-15(13-6-7-13)4-3-5-17(19)24/h3-5,13-14,26H,6-12H2,1-2H3,(H,27,29)/p+1. The van der Waals surface area contributed by atoms with E-state index >= 15 is 0 Å². The van der Waals surface area contributed by atoms with E-state index < -0.39 is 5.41 Å². The van der Waals surface area contributed by atoms with Crippen molar-refractivity contribution in [2.24, 2.45) is 5.41 Å². The van der Waals surface area contributed by atoms with Crippen LogP contribution >= 0.6 is 34.2 Å². The fourth-order valence-electron chi connectivity index (χ4n) is 4.65. The van der Waals surface area contributed by atoms with Crippen molar-refractivity contribution in [1.29, 1.82) is 5.41 Å². The molecule has 1 heterocycles. The molecule has 1 atom stereocenters. The Balaban J connectivity index is 1.57. The van der Waals surface area contributed by atoms with Gasteiger partial charge in [0.2, 0.25) is 5.91 Å². The molecule has 1 saturated carbocycles. The summed E-state index contributed by atoms with van der Waals surface area (Å²) in [4.78, 5) is 28.4. The minimum absolute atomic E-state index is 0.106. The molecule has 0 radical (unpaired) electrons. The fraction of sp³-hybridized carbons (Fsp3) is 0.522. The number of allylic oxidation sites excluding steroid dienone is 2. The zero-order valence-corrected chi connectivity index (χ0v) is 20.8. The van der Waals surface area contributed by atoms with Crippen LogP contribution < -0.4 is 5.32 Å². The first-order valence-corrected chi connectivity index (χ1v) is 12.2. The summed E-state index contributed by atoms with van der Waals surface area (Å²) in [5.74, 6) is 0.382. The Hall–Kier alpha value is -1.29. The molecule has 1 aromatic carbocycles. The van der Waals surface area contributed by atoms with E-state index in [1.165, 1.54) is 0 Å². The third kappa shape index (κ3) is 4.60. The summed E-state index contributed by atoms with van der Waals surface area (Å²) in [5, 5.41) is 10.3. The van der Waals surface area contributed by atoms with Crippen molar-refractivity contribution < 1.29 is 19.6 Å². The number of hydrogen-bond donors (Lipinski definition) is 2. The lowest BCUT2D eigenvalue weighted by molar-refractivity contribution is -0.507. The van der Waals surface area contributed by atoms with E-state index in [4.69, 9.17) is 21.7 Å². The molecule has 1 unspecified atom stereocenters. The highest BCUT2D eigenvalue weighted by atomic mass is 127. The number of halogens is 2. The highest BCUT2D eigenvalue weighted by Crippen LogP contribution is 2.43. The van der Waals surface area contributed by atoms with Crippen LogP contribution in [-0.2, 0) is 9.53 Å². The molecule has 3 N–H and O–H groups in total. The molecule has 1 saturated heterocycles. The van der Waals surface area contributed by atoms with Crippen LogP contribution in [0.25, 0.3) is 0 Å². The number of nitrogens with one attached hydrogen (secondary N) is 1. The number of hydrogen-bond acceptors (Lipinski definition) is 4. The molecule has 1 aromatic rings. The van der Waals surface area contributed by atoms with Gasteiger partial charge < -0.3 is 9.64 Å². The molecule has 3 aliphatic rings. The maximum atomic E-state index is 13.4. The van der Waals surface area contributed by atoms with Crippen molar-refractivity contribution >= 4 is 49.7 Å². The number of benzene rings is 1. The lowest BCUT2D eigenvalue weighted by Crippen LogP contribution is -2.87. The molecule has 2 fully saturated rings. The number of nitrogens with zero attached hydrogens (tertiary/aromatic N) is 1. The van der Waals surface area contributed by atoms with Gasteiger partial charge in [-0.25, -0.2) is 10.1 Å². The number of ether oxygens (including phenoxy) is 1. The molecule has 166 valence electrons. The molecule has 0 aromatic heterocycles. The van der Waals surface area contributed by atoms with E-state index in [0.717, 1.165) is 29.7 Å². The summed E-state index contributed by atoms with van der Waals surface area (Å²) in [6.07, 6.45) is 4.01. The molecular weight excluding hydrogens is 529 g/mol. The van der Waals surface area contributed by atoms with Gasteiger partial charge in [0, 0.05) is 32.2 Å². The van der Waals surface area contributed by atoms with Gasteiger partial charge in [-0.2, -0.15) is 0 Å². The molecular formula is C23H28ClIN3O3+. The van der Waals surface area contributed by atoms with Gasteiger partial charge in [-0.05, 0) is 65.8 Å². The van der Waals surface area contributed by atoms with Crippen LogP contribution in [0.1, 0.15) is 60.9 Å². The Bertz CT molecular complexity index is 969. The summed E-state index contributed by atoms with van der Waals surface area (Å²) >= 11 is 8.44. The number of amides is 2. The number of methoxy groups -OCH3 is 1. The van der Waals surface area contributed by atoms with E-state index in [-0.39, 0.29) is 17.9 Å². The summed E-state index contributed by atoms with van der Waals surface area (Å²) in [5.41, 5.74) is 2.65. The van der Waals surface area contributed by atoms with Crippen LogP contribution in [0.2, 0.25) is 5.02 Å². The number of carbonyl (C=O) groups excluding carboxylic acids is 2. The predicted molar refractivity (Wildman–Crippen MR) is 128 cm³/mol. The molecule has 8 heteroatoms. The lowest BCUT2D eigenvalue weighted by atomic mass is 9.73. The fourth-order valence-corrected chi connectivity index (χ4v) is 5.54. The molecule has 2 aliphatic carbocycles. The topological polar surface area (TPSA) is 87.1 Å². The van der Waals surface area contributed by atoms with Crippen LogP contribution in [-0.4, -0.2) is 46.7 Å². The highest BCUT2D eigenvalue weighted by molar-refractivity contribution is 14.1. The Morgan fingerprint density at radius 1 is 1.32 bits per heavy atom. The summed E-state index contributed by atoms with van der Waals surface area (Å²) < 4.78 is 5.74. The quantitative estimate of drug-likeness (QED) is 0.414. The van der Waals surface area contributed by atoms with Crippen molar-refractivity contribution in [3.63, 3.8) is 0 Å². The Morgan fingerprint density at radius 3 is 2.65 bits per heavy atom. The van der Waals surface area contributed by atoms with Crippen molar-refractivity contribution in [3.8, 4) is 0 Å². The zero-order valence-electron chi connectivity index (χ0n) is 17.8. The normalized spacial score (nSPS) is 24.2. The highest BCUT2D eigenvalue weighted by Gasteiger charge is 2.46. The van der Waals surface area contributed by atoms with Crippen LogP contribution in [0.4, 0.5) is 0 Å². The second kappa shape index (κ2) is 8.92. The van der Waals surface area contributed by atoms with Gasteiger partial charge in [0.1, 0.15) is 15.0 Å². The first kappa shape index (κ1) is 22.9. The molecule has 6 nitrogen and oxygen atoms in total. The number of nitrogens with two attached hydrogens (primary N) is 1. The average Bonchev–Trinajstić information content (AvgIpc) is 3.51. The minimum Gasteiger partial charge on any atom is -0.378 e. The lowest BCUT2D eigenvalue weighted by Gasteiger charge is -2.44. The molecule has 1 aliphatic heterocycles. The number of primary amides is 1. The molecule has 2 amide bonds. The largest absolute Gasteiger partial charge is 0.378 e. The SMILES string of the molecule is COC1CN(C(=O)C2(C)CCC(C(=N)I)=C([NH2+]C(=O)c3c(Cl)cccc3C3CC3)C2)C1.